The fourth-order valence-electron chi connectivity index (χ4n) is 2.71. The number of benzene rings is 1. The molecule has 0 spiro atoms. The first-order valence-electron chi connectivity index (χ1n) is 6.76. The number of hydrogen-bond acceptors (Lipinski definition) is 3. The maximum absolute atomic E-state index is 13.6. The van der Waals surface area contributed by atoms with Crippen LogP contribution in [0.4, 0.5) is 10.3 Å². The molecule has 1 aliphatic heterocycles. The Kier molecular flexibility index (Phi) is 3.61. The first-order valence-corrected chi connectivity index (χ1v) is 7.13. The lowest BCUT2D eigenvalue weighted by Crippen LogP contribution is -2.08. The third kappa shape index (κ3) is 2.50. The van der Waals surface area contributed by atoms with Crippen LogP contribution in [0.1, 0.15) is 36.6 Å². The number of halogens is 2. The molecule has 20 heavy (non-hydrogen) atoms. The van der Waals surface area contributed by atoms with E-state index in [2.05, 4.69) is 15.4 Å². The summed E-state index contributed by atoms with van der Waals surface area (Å²) in [5.74, 6) is 1.22. The molecule has 2 aromatic rings. The van der Waals surface area contributed by atoms with Gasteiger partial charge in [-0.3, -0.25) is 0 Å². The van der Waals surface area contributed by atoms with Crippen molar-refractivity contribution in [2.75, 3.05) is 12.4 Å². The predicted octanol–water partition coefficient (Wildman–Crippen LogP) is 3.43. The Labute approximate surface area is 122 Å². The van der Waals surface area contributed by atoms with Crippen LogP contribution in [-0.2, 0) is 6.54 Å². The Balaban J connectivity index is 2.06. The van der Waals surface area contributed by atoms with Gasteiger partial charge in [0.05, 0.1) is 0 Å². The minimum Gasteiger partial charge on any atom is -0.356 e. The molecule has 0 fully saturated rings. The van der Waals surface area contributed by atoms with Crippen LogP contribution < -0.4 is 5.32 Å². The molecule has 1 unspecified atom stereocenters. The summed E-state index contributed by atoms with van der Waals surface area (Å²) in [6, 6.07) is 4.68. The monoisotopic (exact) mass is 294 g/mol. The topological polar surface area (TPSA) is 42.7 Å². The van der Waals surface area contributed by atoms with E-state index < -0.39 is 0 Å². The average Bonchev–Trinajstić information content (AvgIpc) is 2.71. The average molecular weight is 295 g/mol. The minimum atomic E-state index is -0.309. The van der Waals surface area contributed by atoms with Crippen LogP contribution in [0.5, 0.6) is 0 Å². The summed E-state index contributed by atoms with van der Waals surface area (Å²) in [6.07, 6.45) is 3.05. The zero-order valence-electron chi connectivity index (χ0n) is 11.2. The number of fused-ring (bicyclic) bond motifs is 1. The highest BCUT2D eigenvalue weighted by molar-refractivity contribution is 6.30. The predicted molar refractivity (Wildman–Crippen MR) is 76.7 cm³/mol. The molecule has 0 radical (unpaired) electrons. The summed E-state index contributed by atoms with van der Waals surface area (Å²) in [7, 11) is 1.79. The second-order valence-corrected chi connectivity index (χ2v) is 5.45. The first-order chi connectivity index (χ1) is 9.67. The van der Waals surface area contributed by atoms with Gasteiger partial charge in [-0.1, -0.05) is 18.0 Å². The standard InChI is InChI=1S/C14H16ClFN4/c1-17-14-18-13-12(4-2-3-5-20(13)19-14)9-6-10(15)8-11(16)7-9/h6-8,12H,2-5H2,1H3,(H,17,19). The number of anilines is 1. The molecule has 6 heteroatoms. The second kappa shape index (κ2) is 5.40. The summed E-state index contributed by atoms with van der Waals surface area (Å²) < 4.78 is 15.5. The van der Waals surface area contributed by atoms with Crippen molar-refractivity contribution >= 4 is 17.5 Å². The summed E-state index contributed by atoms with van der Waals surface area (Å²) in [4.78, 5) is 4.52. The van der Waals surface area contributed by atoms with Gasteiger partial charge in [0, 0.05) is 24.5 Å². The lowest BCUT2D eigenvalue weighted by molar-refractivity contribution is 0.575. The second-order valence-electron chi connectivity index (χ2n) is 5.02. The van der Waals surface area contributed by atoms with Gasteiger partial charge >= 0.3 is 0 Å². The van der Waals surface area contributed by atoms with E-state index >= 15 is 0 Å². The maximum atomic E-state index is 13.6. The molecule has 0 aliphatic carbocycles. The number of nitrogens with one attached hydrogen (secondary N) is 1. The van der Waals surface area contributed by atoms with Crippen LogP contribution in [0.3, 0.4) is 0 Å². The first kappa shape index (κ1) is 13.4. The van der Waals surface area contributed by atoms with Gasteiger partial charge in [-0.25, -0.2) is 9.07 Å². The molecule has 1 aliphatic rings. The number of rotatable bonds is 2. The molecule has 1 aromatic heterocycles. The maximum Gasteiger partial charge on any atom is 0.242 e. The molecule has 4 nitrogen and oxygen atoms in total. The highest BCUT2D eigenvalue weighted by Gasteiger charge is 2.24. The fourth-order valence-corrected chi connectivity index (χ4v) is 2.94. The van der Waals surface area contributed by atoms with Crippen molar-refractivity contribution in [3.8, 4) is 0 Å². The molecule has 2 heterocycles. The molecule has 0 saturated carbocycles. The van der Waals surface area contributed by atoms with Gasteiger partial charge in [0.1, 0.15) is 11.6 Å². The highest BCUT2D eigenvalue weighted by Crippen LogP contribution is 2.33. The highest BCUT2D eigenvalue weighted by atomic mass is 35.5. The van der Waals surface area contributed by atoms with Crippen molar-refractivity contribution in [1.29, 1.82) is 0 Å². The van der Waals surface area contributed by atoms with Crippen LogP contribution in [0.2, 0.25) is 5.02 Å². The van der Waals surface area contributed by atoms with Crippen molar-refractivity contribution in [3.05, 3.63) is 40.4 Å². The largest absolute Gasteiger partial charge is 0.356 e. The van der Waals surface area contributed by atoms with Crippen LogP contribution in [0, 0.1) is 5.82 Å². The van der Waals surface area contributed by atoms with E-state index in [4.69, 9.17) is 11.6 Å². The number of aryl methyl sites for hydroxylation is 1. The Morgan fingerprint density at radius 1 is 1.35 bits per heavy atom. The van der Waals surface area contributed by atoms with Gasteiger partial charge in [0.2, 0.25) is 5.95 Å². The fraction of sp³-hybridized carbons (Fsp3) is 0.429. The van der Waals surface area contributed by atoms with Gasteiger partial charge in [-0.05, 0) is 36.6 Å². The third-order valence-electron chi connectivity index (χ3n) is 3.64. The smallest absolute Gasteiger partial charge is 0.242 e. The van der Waals surface area contributed by atoms with Crippen LogP contribution in [-0.4, -0.2) is 21.8 Å². The molecule has 1 atom stereocenters. The Morgan fingerprint density at radius 2 is 2.20 bits per heavy atom. The van der Waals surface area contributed by atoms with Gasteiger partial charge < -0.3 is 5.32 Å². The normalized spacial score (nSPS) is 18.4. The molecule has 1 N–H and O–H groups in total. The van der Waals surface area contributed by atoms with E-state index in [1.54, 1.807) is 13.1 Å². The summed E-state index contributed by atoms with van der Waals surface area (Å²) in [5, 5.41) is 7.79. The minimum absolute atomic E-state index is 0.0419. The van der Waals surface area contributed by atoms with Crippen molar-refractivity contribution in [3.63, 3.8) is 0 Å². The summed E-state index contributed by atoms with van der Waals surface area (Å²) in [5.41, 5.74) is 0.869. The summed E-state index contributed by atoms with van der Waals surface area (Å²) >= 11 is 5.97. The van der Waals surface area contributed by atoms with E-state index in [0.717, 1.165) is 37.2 Å². The van der Waals surface area contributed by atoms with Crippen molar-refractivity contribution in [2.24, 2.45) is 0 Å². The number of hydrogen-bond donors (Lipinski definition) is 1. The number of aromatic nitrogens is 3. The van der Waals surface area contributed by atoms with Crippen LogP contribution >= 0.6 is 11.6 Å². The van der Waals surface area contributed by atoms with Gasteiger partial charge in [0.15, 0.2) is 0 Å². The Hall–Kier alpha value is -1.62. The Morgan fingerprint density at radius 3 is 2.95 bits per heavy atom. The van der Waals surface area contributed by atoms with Gasteiger partial charge in [-0.15, -0.1) is 5.10 Å². The molecule has 3 rings (SSSR count). The van der Waals surface area contributed by atoms with E-state index in [1.165, 1.54) is 6.07 Å². The third-order valence-corrected chi connectivity index (χ3v) is 3.85. The van der Waals surface area contributed by atoms with Gasteiger partial charge in [-0.2, -0.15) is 4.98 Å². The summed E-state index contributed by atoms with van der Waals surface area (Å²) in [6.45, 7) is 0.851. The van der Waals surface area contributed by atoms with E-state index in [-0.39, 0.29) is 11.7 Å². The lowest BCUT2D eigenvalue weighted by Gasteiger charge is -2.14. The Bertz CT molecular complexity index is 605. The van der Waals surface area contributed by atoms with Crippen molar-refractivity contribution in [2.45, 2.75) is 31.7 Å². The van der Waals surface area contributed by atoms with E-state index in [1.807, 2.05) is 10.7 Å². The van der Waals surface area contributed by atoms with E-state index in [0.29, 0.717) is 11.0 Å². The SMILES string of the molecule is CNc1nc2n(n1)CCCCC2c1cc(F)cc(Cl)c1. The zero-order valence-corrected chi connectivity index (χ0v) is 12.0. The lowest BCUT2D eigenvalue weighted by atomic mass is 9.93. The molecular formula is C14H16ClFN4. The van der Waals surface area contributed by atoms with Crippen molar-refractivity contribution in [1.82, 2.24) is 14.8 Å². The molecular weight excluding hydrogens is 279 g/mol. The molecule has 106 valence electrons. The van der Waals surface area contributed by atoms with Crippen LogP contribution in [0.15, 0.2) is 18.2 Å². The molecule has 0 bridgehead atoms. The van der Waals surface area contributed by atoms with Crippen molar-refractivity contribution < 1.29 is 4.39 Å². The zero-order chi connectivity index (χ0) is 14.1. The number of nitrogens with zero attached hydrogens (tertiary/aromatic N) is 3. The molecule has 0 saturated heterocycles. The molecule has 0 amide bonds. The quantitative estimate of drug-likeness (QED) is 0.923. The van der Waals surface area contributed by atoms with Gasteiger partial charge in [0.25, 0.3) is 0 Å². The van der Waals surface area contributed by atoms with E-state index in [9.17, 15) is 4.39 Å². The molecule has 1 aromatic carbocycles. The van der Waals surface area contributed by atoms with Crippen LogP contribution in [0.25, 0.3) is 0 Å².